The first kappa shape index (κ1) is 17.5. The molecule has 0 amide bonds. The van der Waals surface area contributed by atoms with E-state index in [1.807, 2.05) is 48.7 Å². The van der Waals surface area contributed by atoms with Gasteiger partial charge in [0.1, 0.15) is 12.4 Å². The molecule has 0 saturated carbocycles. The monoisotopic (exact) mass is 361 g/mol. The number of allylic oxidation sites excluding steroid dienone is 2. The summed E-state index contributed by atoms with van der Waals surface area (Å²) in [5.74, 6) is 1.10. The smallest absolute Gasteiger partial charge is 0.310 e. The van der Waals surface area contributed by atoms with Crippen molar-refractivity contribution in [3.8, 4) is 5.75 Å². The molecular weight excluding hydrogens is 338 g/mol. The first-order chi connectivity index (χ1) is 13.3. The molecule has 4 heteroatoms. The van der Waals surface area contributed by atoms with Gasteiger partial charge in [-0.25, -0.2) is 0 Å². The highest BCUT2D eigenvalue weighted by Gasteiger charge is 2.23. The van der Waals surface area contributed by atoms with Crippen LogP contribution in [0.4, 0.5) is 0 Å². The molecule has 1 unspecified atom stereocenters. The lowest BCUT2D eigenvalue weighted by molar-refractivity contribution is -0.144. The normalized spacial score (nSPS) is 17.8. The van der Waals surface area contributed by atoms with Gasteiger partial charge >= 0.3 is 5.97 Å². The number of fused-ring (bicyclic) bond motifs is 1. The Morgan fingerprint density at radius 2 is 2.04 bits per heavy atom. The lowest BCUT2D eigenvalue weighted by Crippen LogP contribution is -2.15. The average Bonchev–Trinajstić information content (AvgIpc) is 3.21. The van der Waals surface area contributed by atoms with Gasteiger partial charge in [0.05, 0.1) is 13.0 Å². The van der Waals surface area contributed by atoms with E-state index >= 15 is 0 Å². The lowest BCUT2D eigenvalue weighted by Gasteiger charge is -2.26. The summed E-state index contributed by atoms with van der Waals surface area (Å²) in [6.45, 7) is 1.04. The van der Waals surface area contributed by atoms with Crippen LogP contribution in [-0.4, -0.2) is 18.8 Å². The van der Waals surface area contributed by atoms with Crippen molar-refractivity contribution < 1.29 is 14.3 Å². The summed E-state index contributed by atoms with van der Waals surface area (Å²) in [6.07, 6.45) is 7.23. The van der Waals surface area contributed by atoms with Gasteiger partial charge in [-0.15, -0.1) is 0 Å². The van der Waals surface area contributed by atoms with Crippen molar-refractivity contribution in [2.24, 2.45) is 4.99 Å². The van der Waals surface area contributed by atoms with Crippen molar-refractivity contribution in [3.63, 3.8) is 0 Å². The Labute approximate surface area is 159 Å². The predicted octanol–water partition coefficient (Wildman–Crippen LogP) is 4.59. The number of hydrogen-bond acceptors (Lipinski definition) is 4. The van der Waals surface area contributed by atoms with Crippen LogP contribution in [0.1, 0.15) is 41.9 Å². The molecule has 0 aliphatic carbocycles. The highest BCUT2D eigenvalue weighted by Crippen LogP contribution is 2.38. The topological polar surface area (TPSA) is 47.9 Å². The van der Waals surface area contributed by atoms with Gasteiger partial charge in [-0.2, -0.15) is 0 Å². The maximum Gasteiger partial charge on any atom is 0.310 e. The Bertz CT molecular complexity index is 870. The zero-order valence-electron chi connectivity index (χ0n) is 15.3. The van der Waals surface area contributed by atoms with Crippen molar-refractivity contribution in [1.82, 2.24) is 0 Å². The van der Waals surface area contributed by atoms with Crippen molar-refractivity contribution >= 4 is 12.2 Å². The minimum Gasteiger partial charge on any atom is -0.493 e. The van der Waals surface area contributed by atoms with Gasteiger partial charge in [0, 0.05) is 18.3 Å². The van der Waals surface area contributed by atoms with E-state index in [-0.39, 0.29) is 12.4 Å². The van der Waals surface area contributed by atoms with Crippen LogP contribution >= 0.6 is 0 Å². The highest BCUT2D eigenvalue weighted by atomic mass is 16.5. The van der Waals surface area contributed by atoms with Crippen LogP contribution in [0.15, 0.2) is 65.3 Å². The number of carbonyl (C=O) groups is 1. The van der Waals surface area contributed by atoms with E-state index in [4.69, 9.17) is 9.47 Å². The van der Waals surface area contributed by atoms with Crippen LogP contribution in [-0.2, 0) is 22.6 Å². The number of rotatable bonds is 6. The van der Waals surface area contributed by atoms with Gasteiger partial charge in [-0.05, 0) is 41.5 Å². The second-order valence-corrected chi connectivity index (χ2v) is 6.98. The van der Waals surface area contributed by atoms with E-state index < -0.39 is 0 Å². The maximum atomic E-state index is 12.2. The molecule has 27 heavy (non-hydrogen) atoms. The van der Waals surface area contributed by atoms with Crippen LogP contribution < -0.4 is 4.74 Å². The molecule has 4 nitrogen and oxygen atoms in total. The number of nitrogens with zero attached hydrogens (tertiary/aromatic N) is 1. The second kappa shape index (κ2) is 8.21. The summed E-state index contributed by atoms with van der Waals surface area (Å²) in [5.41, 5.74) is 4.29. The van der Waals surface area contributed by atoms with E-state index in [0.717, 1.165) is 48.4 Å². The SMILES string of the molecule is O=C(Cc1ccc2c(c1)C(CC1=CCC=N1)CCO2)OCc1ccccc1. The Kier molecular flexibility index (Phi) is 5.33. The average molecular weight is 361 g/mol. The fourth-order valence-corrected chi connectivity index (χ4v) is 3.59. The van der Waals surface area contributed by atoms with Gasteiger partial charge in [0.2, 0.25) is 0 Å². The molecule has 0 saturated heterocycles. The molecule has 2 aliphatic rings. The zero-order chi connectivity index (χ0) is 18.5. The molecule has 0 bridgehead atoms. The molecule has 1 atom stereocenters. The summed E-state index contributed by atoms with van der Waals surface area (Å²) < 4.78 is 11.2. The Morgan fingerprint density at radius 3 is 2.85 bits per heavy atom. The molecule has 2 aromatic rings. The summed E-state index contributed by atoms with van der Waals surface area (Å²) >= 11 is 0. The van der Waals surface area contributed by atoms with Crippen molar-refractivity contribution in [2.45, 2.75) is 38.2 Å². The molecule has 2 aliphatic heterocycles. The molecule has 2 heterocycles. The van der Waals surface area contributed by atoms with Crippen molar-refractivity contribution in [3.05, 3.63) is 77.0 Å². The molecule has 0 spiro atoms. The van der Waals surface area contributed by atoms with Crippen molar-refractivity contribution in [2.75, 3.05) is 6.61 Å². The van der Waals surface area contributed by atoms with Gasteiger partial charge < -0.3 is 9.47 Å². The van der Waals surface area contributed by atoms with E-state index in [9.17, 15) is 4.79 Å². The second-order valence-electron chi connectivity index (χ2n) is 6.98. The molecular formula is C23H23NO3. The zero-order valence-corrected chi connectivity index (χ0v) is 15.3. The predicted molar refractivity (Wildman–Crippen MR) is 105 cm³/mol. The third kappa shape index (κ3) is 4.45. The number of aliphatic imine (C=N–C) groups is 1. The van der Waals surface area contributed by atoms with Crippen molar-refractivity contribution in [1.29, 1.82) is 0 Å². The van der Waals surface area contributed by atoms with Crippen LogP contribution in [0.5, 0.6) is 5.75 Å². The molecule has 138 valence electrons. The van der Waals surface area contributed by atoms with Crippen LogP contribution in [0, 0.1) is 0 Å². The highest BCUT2D eigenvalue weighted by molar-refractivity contribution is 5.73. The fraction of sp³-hybridized carbons (Fsp3) is 0.304. The number of carbonyl (C=O) groups excluding carboxylic acids is 1. The van der Waals surface area contributed by atoms with E-state index in [2.05, 4.69) is 17.1 Å². The third-order valence-corrected chi connectivity index (χ3v) is 5.00. The molecule has 0 fully saturated rings. The molecule has 0 N–H and O–H groups in total. The molecule has 4 rings (SSSR count). The number of esters is 1. The summed E-state index contributed by atoms with van der Waals surface area (Å²) in [7, 11) is 0. The minimum atomic E-state index is -0.213. The van der Waals surface area contributed by atoms with Crippen LogP contribution in [0.25, 0.3) is 0 Å². The Hall–Kier alpha value is -2.88. The quantitative estimate of drug-likeness (QED) is 0.707. The molecule has 0 radical (unpaired) electrons. The number of ether oxygens (including phenoxy) is 2. The molecule has 0 aromatic heterocycles. The fourth-order valence-electron chi connectivity index (χ4n) is 3.59. The molecule has 2 aromatic carbocycles. The summed E-state index contributed by atoms with van der Waals surface area (Å²) in [6, 6.07) is 15.8. The van der Waals surface area contributed by atoms with Gasteiger partial charge in [-0.1, -0.05) is 48.5 Å². The minimum absolute atomic E-state index is 0.213. The largest absolute Gasteiger partial charge is 0.493 e. The summed E-state index contributed by atoms with van der Waals surface area (Å²) in [4.78, 5) is 16.7. The van der Waals surface area contributed by atoms with E-state index in [1.165, 1.54) is 5.56 Å². The summed E-state index contributed by atoms with van der Waals surface area (Å²) in [5, 5.41) is 0. The first-order valence-electron chi connectivity index (χ1n) is 9.44. The van der Waals surface area contributed by atoms with Gasteiger partial charge in [-0.3, -0.25) is 9.79 Å². The number of hydrogen-bond donors (Lipinski definition) is 0. The van der Waals surface area contributed by atoms with Crippen LogP contribution in [0.2, 0.25) is 0 Å². The first-order valence-corrected chi connectivity index (χ1v) is 9.44. The Morgan fingerprint density at radius 1 is 1.15 bits per heavy atom. The standard InChI is InChI=1S/C23H23NO3/c25-23(27-16-17-5-2-1-3-6-17)14-18-8-9-22-21(13-18)19(10-12-26-22)15-20-7-4-11-24-20/h1-3,5-9,11,13,19H,4,10,12,14-16H2. The lowest BCUT2D eigenvalue weighted by atomic mass is 9.87. The number of benzene rings is 2. The van der Waals surface area contributed by atoms with Crippen LogP contribution in [0.3, 0.4) is 0 Å². The Balaban J connectivity index is 1.41. The third-order valence-electron chi connectivity index (χ3n) is 5.00. The van der Waals surface area contributed by atoms with E-state index in [0.29, 0.717) is 12.5 Å². The maximum absolute atomic E-state index is 12.2. The van der Waals surface area contributed by atoms with Gasteiger partial charge in [0.15, 0.2) is 0 Å². The van der Waals surface area contributed by atoms with Gasteiger partial charge in [0.25, 0.3) is 0 Å². The van der Waals surface area contributed by atoms with E-state index in [1.54, 1.807) is 0 Å².